The smallest absolute Gasteiger partial charge is 0.0801 e. The fraction of sp³-hybridized carbons (Fsp3) is 0.571. The van der Waals surface area contributed by atoms with Gasteiger partial charge in [0.25, 0.3) is 0 Å². The Morgan fingerprint density at radius 1 is 1.26 bits per heavy atom. The van der Waals surface area contributed by atoms with E-state index in [2.05, 4.69) is 9.80 Å². The van der Waals surface area contributed by atoms with Crippen molar-refractivity contribution >= 4 is 23.4 Å². The molecule has 3 nitrogen and oxygen atoms in total. The summed E-state index contributed by atoms with van der Waals surface area (Å²) in [5.41, 5.74) is 0. The molecule has 2 atom stereocenters. The Hall–Kier alpha value is -0.260. The van der Waals surface area contributed by atoms with Crippen LogP contribution in [0.2, 0.25) is 5.02 Å². The van der Waals surface area contributed by atoms with Gasteiger partial charge in [-0.3, -0.25) is 9.80 Å². The molecule has 3 heterocycles. The van der Waals surface area contributed by atoms with Gasteiger partial charge in [-0.25, -0.2) is 0 Å². The Bertz CT molecular complexity index is 437. The second kappa shape index (κ2) is 6.02. The van der Waals surface area contributed by atoms with Gasteiger partial charge in [0, 0.05) is 49.4 Å². The van der Waals surface area contributed by atoms with Crippen molar-refractivity contribution in [3.05, 3.63) is 29.3 Å². The number of aliphatic hydroxyl groups is 1. The first-order valence-corrected chi connectivity index (χ1v) is 8.12. The molecule has 1 aromatic rings. The van der Waals surface area contributed by atoms with E-state index in [1.54, 1.807) is 11.8 Å². The van der Waals surface area contributed by atoms with Crippen molar-refractivity contribution < 1.29 is 5.11 Å². The van der Waals surface area contributed by atoms with Crippen LogP contribution in [-0.4, -0.2) is 65.5 Å². The van der Waals surface area contributed by atoms with E-state index in [4.69, 9.17) is 11.6 Å². The number of nitrogens with zero attached hydrogens (tertiary/aromatic N) is 2. The molecule has 104 valence electrons. The van der Waals surface area contributed by atoms with Gasteiger partial charge in [-0.05, 0) is 12.1 Å². The number of thioether (sulfide) groups is 1. The molecule has 3 saturated heterocycles. The van der Waals surface area contributed by atoms with Crippen molar-refractivity contribution in [2.75, 3.05) is 38.5 Å². The number of rotatable bonds is 4. The van der Waals surface area contributed by atoms with Gasteiger partial charge in [0.05, 0.1) is 11.1 Å². The van der Waals surface area contributed by atoms with Gasteiger partial charge in [-0.1, -0.05) is 23.7 Å². The summed E-state index contributed by atoms with van der Waals surface area (Å²) in [7, 11) is 0. The van der Waals surface area contributed by atoms with Crippen molar-refractivity contribution in [3.8, 4) is 0 Å². The van der Waals surface area contributed by atoms with Gasteiger partial charge in [0.1, 0.15) is 0 Å². The van der Waals surface area contributed by atoms with E-state index in [-0.39, 0.29) is 12.1 Å². The normalized spacial score (nSPS) is 31.4. The lowest BCUT2D eigenvalue weighted by atomic mass is 10.0. The molecule has 0 aliphatic carbocycles. The fourth-order valence-electron chi connectivity index (χ4n) is 2.87. The number of halogens is 1. The van der Waals surface area contributed by atoms with Crippen molar-refractivity contribution in [2.45, 2.75) is 17.0 Å². The SMILES string of the molecule is OC(CSc1ccccc1Cl)C1CN2CCN1CC2. The molecule has 0 spiro atoms. The second-order valence-corrected chi connectivity index (χ2v) is 6.68. The molecular weight excluding hydrogens is 280 g/mol. The summed E-state index contributed by atoms with van der Waals surface area (Å²) in [6, 6.07) is 8.11. The van der Waals surface area contributed by atoms with Gasteiger partial charge in [-0.2, -0.15) is 0 Å². The van der Waals surface area contributed by atoms with E-state index >= 15 is 0 Å². The molecule has 1 N–H and O–H groups in total. The van der Waals surface area contributed by atoms with Crippen molar-refractivity contribution in [1.82, 2.24) is 9.80 Å². The van der Waals surface area contributed by atoms with Crippen LogP contribution in [0.5, 0.6) is 0 Å². The third kappa shape index (κ3) is 3.09. The molecule has 3 fully saturated rings. The maximum absolute atomic E-state index is 10.4. The standard InChI is InChI=1S/C14H19ClN2OS/c15-11-3-1-2-4-14(11)19-10-13(18)12-9-16-5-7-17(12)8-6-16/h1-4,12-13,18H,5-10H2. The monoisotopic (exact) mass is 298 g/mol. The lowest BCUT2D eigenvalue weighted by Gasteiger charge is -2.49. The zero-order chi connectivity index (χ0) is 13.2. The summed E-state index contributed by atoms with van der Waals surface area (Å²) >= 11 is 7.78. The minimum Gasteiger partial charge on any atom is -0.391 e. The van der Waals surface area contributed by atoms with E-state index in [0.717, 1.165) is 42.6 Å². The van der Waals surface area contributed by atoms with E-state index in [9.17, 15) is 5.11 Å². The van der Waals surface area contributed by atoms with Crippen molar-refractivity contribution in [3.63, 3.8) is 0 Å². The van der Waals surface area contributed by atoms with Crippen LogP contribution in [-0.2, 0) is 0 Å². The quantitative estimate of drug-likeness (QED) is 0.858. The van der Waals surface area contributed by atoms with E-state index in [0.29, 0.717) is 5.75 Å². The zero-order valence-electron chi connectivity index (χ0n) is 10.8. The highest BCUT2D eigenvalue weighted by molar-refractivity contribution is 7.99. The third-order valence-electron chi connectivity index (χ3n) is 4.01. The fourth-order valence-corrected chi connectivity index (χ4v) is 4.12. The third-order valence-corrected chi connectivity index (χ3v) is 5.63. The topological polar surface area (TPSA) is 26.7 Å². The molecule has 19 heavy (non-hydrogen) atoms. The van der Waals surface area contributed by atoms with Gasteiger partial charge in [0.2, 0.25) is 0 Å². The largest absolute Gasteiger partial charge is 0.391 e. The summed E-state index contributed by atoms with van der Waals surface area (Å²) in [6.45, 7) is 5.50. The van der Waals surface area contributed by atoms with Crippen LogP contribution in [0.1, 0.15) is 0 Å². The summed E-state index contributed by atoms with van der Waals surface area (Å²) in [5, 5.41) is 11.2. The number of hydrogen-bond acceptors (Lipinski definition) is 4. The molecule has 0 aromatic heterocycles. The molecular formula is C14H19ClN2OS. The summed E-state index contributed by atoms with van der Waals surface area (Å²) in [4.78, 5) is 5.94. The summed E-state index contributed by atoms with van der Waals surface area (Å²) < 4.78 is 0. The van der Waals surface area contributed by atoms with Gasteiger partial charge < -0.3 is 5.11 Å². The lowest BCUT2D eigenvalue weighted by molar-refractivity contribution is -0.0382. The van der Waals surface area contributed by atoms with Gasteiger partial charge in [0.15, 0.2) is 0 Å². The molecule has 5 heteroatoms. The summed E-state index contributed by atoms with van der Waals surface area (Å²) in [5.74, 6) is 0.707. The highest BCUT2D eigenvalue weighted by Crippen LogP contribution is 2.29. The van der Waals surface area contributed by atoms with Crippen LogP contribution in [0.4, 0.5) is 0 Å². The Kier molecular flexibility index (Phi) is 4.34. The van der Waals surface area contributed by atoms with Crippen molar-refractivity contribution in [1.29, 1.82) is 0 Å². The van der Waals surface area contributed by atoms with Crippen LogP contribution in [0.25, 0.3) is 0 Å². The van der Waals surface area contributed by atoms with Crippen LogP contribution in [0.3, 0.4) is 0 Å². The van der Waals surface area contributed by atoms with E-state index in [1.165, 1.54) is 0 Å². The molecule has 0 radical (unpaired) electrons. The number of aliphatic hydroxyl groups excluding tert-OH is 1. The molecule has 0 amide bonds. The first-order valence-electron chi connectivity index (χ1n) is 6.76. The van der Waals surface area contributed by atoms with E-state index < -0.39 is 0 Å². The number of piperazine rings is 3. The minimum absolute atomic E-state index is 0.288. The Balaban J connectivity index is 1.57. The second-order valence-electron chi connectivity index (χ2n) is 5.21. The zero-order valence-corrected chi connectivity index (χ0v) is 12.4. The lowest BCUT2D eigenvalue weighted by Crippen LogP contribution is -2.64. The number of benzene rings is 1. The Labute approximate surface area is 123 Å². The molecule has 4 rings (SSSR count). The van der Waals surface area contributed by atoms with Gasteiger partial charge in [-0.15, -0.1) is 11.8 Å². The van der Waals surface area contributed by atoms with Gasteiger partial charge >= 0.3 is 0 Å². The average molecular weight is 299 g/mol. The van der Waals surface area contributed by atoms with Crippen molar-refractivity contribution in [2.24, 2.45) is 0 Å². The maximum Gasteiger partial charge on any atom is 0.0801 e. The predicted molar refractivity (Wildman–Crippen MR) is 80.0 cm³/mol. The Morgan fingerprint density at radius 3 is 2.63 bits per heavy atom. The number of fused-ring (bicyclic) bond motifs is 3. The van der Waals surface area contributed by atoms with E-state index in [1.807, 2.05) is 24.3 Å². The highest BCUT2D eigenvalue weighted by atomic mass is 35.5. The minimum atomic E-state index is -0.288. The molecule has 3 aliphatic heterocycles. The van der Waals surface area contributed by atoms with Crippen LogP contribution < -0.4 is 0 Å². The molecule has 2 bridgehead atoms. The number of hydrogen-bond donors (Lipinski definition) is 1. The van der Waals surface area contributed by atoms with Crippen LogP contribution >= 0.6 is 23.4 Å². The first-order chi connectivity index (χ1) is 9.24. The first kappa shape index (κ1) is 13.7. The molecule has 1 aromatic carbocycles. The molecule has 3 aliphatic rings. The summed E-state index contributed by atoms with van der Waals surface area (Å²) in [6.07, 6.45) is -0.288. The van der Waals surface area contributed by atoms with Crippen LogP contribution in [0.15, 0.2) is 29.2 Å². The average Bonchev–Trinajstić information content (AvgIpc) is 2.47. The maximum atomic E-state index is 10.4. The predicted octanol–water partition coefficient (Wildman–Crippen LogP) is 1.79. The Morgan fingerprint density at radius 2 is 2.00 bits per heavy atom. The highest BCUT2D eigenvalue weighted by Gasteiger charge is 2.35. The molecule has 0 saturated carbocycles. The van der Waals surface area contributed by atoms with Crippen LogP contribution in [0, 0.1) is 0 Å². The molecule has 2 unspecified atom stereocenters.